The van der Waals surface area contributed by atoms with E-state index < -0.39 is 29.2 Å². The molecule has 32 heavy (non-hydrogen) atoms. The summed E-state index contributed by atoms with van der Waals surface area (Å²) in [7, 11) is 0. The molecular weight excluding hydrogens is 432 g/mol. The number of carbonyl (C=O) groups excluding carboxylic acids is 1. The number of halogens is 4. The lowest BCUT2D eigenvalue weighted by Crippen LogP contribution is -2.39. The Bertz CT molecular complexity index is 1420. The number of aromatic nitrogens is 4. The predicted octanol–water partition coefficient (Wildman–Crippen LogP) is 3.37. The third kappa shape index (κ3) is 2.90. The Hall–Kier alpha value is -3.96. The number of anilines is 2. The topological polar surface area (TPSA) is 98.6 Å². The maximum atomic E-state index is 14.5. The van der Waals surface area contributed by atoms with Gasteiger partial charge in [-0.25, -0.2) is 19.3 Å². The van der Waals surface area contributed by atoms with Crippen molar-refractivity contribution in [1.82, 2.24) is 19.4 Å². The van der Waals surface area contributed by atoms with Crippen molar-refractivity contribution in [2.45, 2.75) is 13.1 Å². The van der Waals surface area contributed by atoms with E-state index in [9.17, 15) is 22.4 Å². The first-order valence-electron chi connectivity index (χ1n) is 9.40. The first-order valence-corrected chi connectivity index (χ1v) is 9.40. The number of aryl methyl sites for hydroxylation is 1. The predicted molar refractivity (Wildman–Crippen MR) is 106 cm³/mol. The zero-order valence-electron chi connectivity index (χ0n) is 16.4. The Labute approximate surface area is 177 Å². The van der Waals surface area contributed by atoms with Gasteiger partial charge in [-0.15, -0.1) is 0 Å². The number of rotatable bonds is 1. The van der Waals surface area contributed by atoms with Crippen LogP contribution in [0.15, 0.2) is 30.7 Å². The first-order chi connectivity index (χ1) is 15.2. The maximum Gasteiger partial charge on any atom is 0.419 e. The molecule has 0 bridgehead atoms. The highest BCUT2D eigenvalue weighted by Crippen LogP contribution is 2.41. The summed E-state index contributed by atoms with van der Waals surface area (Å²) < 4.78 is 60.4. The van der Waals surface area contributed by atoms with Crippen molar-refractivity contribution < 1.29 is 27.1 Å². The van der Waals surface area contributed by atoms with Gasteiger partial charge in [0.25, 0.3) is 5.91 Å². The molecular formula is C20H14F4N6O2. The number of carbonyl (C=O) groups is 1. The molecule has 0 saturated heterocycles. The Morgan fingerprint density at radius 1 is 1.25 bits per heavy atom. The molecule has 4 heterocycles. The van der Waals surface area contributed by atoms with Crippen LogP contribution in [0, 0.1) is 12.7 Å². The summed E-state index contributed by atoms with van der Waals surface area (Å²) in [4.78, 5) is 27.0. The quantitative estimate of drug-likeness (QED) is 0.450. The van der Waals surface area contributed by atoms with Gasteiger partial charge in [-0.3, -0.25) is 9.20 Å². The number of hydrogen-bond acceptors (Lipinski definition) is 6. The molecule has 2 N–H and O–H groups in total. The molecule has 0 unspecified atom stereocenters. The second-order valence-corrected chi connectivity index (χ2v) is 7.18. The number of nitrogens with two attached hydrogens (primary N) is 1. The Morgan fingerprint density at radius 3 is 2.78 bits per heavy atom. The van der Waals surface area contributed by atoms with Crippen molar-refractivity contribution in [1.29, 1.82) is 0 Å². The van der Waals surface area contributed by atoms with E-state index in [2.05, 4.69) is 15.0 Å². The van der Waals surface area contributed by atoms with Crippen molar-refractivity contribution in [2.24, 2.45) is 0 Å². The number of nitrogen functional groups attached to an aromatic ring is 1. The highest BCUT2D eigenvalue weighted by molar-refractivity contribution is 6.07. The molecule has 0 atom stereocenters. The minimum absolute atomic E-state index is 0.00937. The van der Waals surface area contributed by atoms with Gasteiger partial charge in [0.2, 0.25) is 0 Å². The minimum Gasteiger partial charge on any atom is -0.486 e. The van der Waals surface area contributed by atoms with E-state index in [0.717, 1.165) is 11.0 Å². The van der Waals surface area contributed by atoms with Gasteiger partial charge in [0, 0.05) is 0 Å². The van der Waals surface area contributed by atoms with Gasteiger partial charge < -0.3 is 15.4 Å². The van der Waals surface area contributed by atoms with E-state index in [1.165, 1.54) is 18.6 Å². The fraction of sp³-hybridized carbons (Fsp3) is 0.200. The average Bonchev–Trinajstić information content (AvgIpc) is 3.15. The van der Waals surface area contributed by atoms with E-state index in [1.54, 1.807) is 11.3 Å². The van der Waals surface area contributed by atoms with Crippen molar-refractivity contribution in [3.05, 3.63) is 53.5 Å². The van der Waals surface area contributed by atoms with Crippen molar-refractivity contribution in [3.63, 3.8) is 0 Å². The SMILES string of the molecule is Cc1ncn2c1c(N)nc1cnc(C(=O)N3CCOc4c3ccc(C(F)(F)F)c4F)cc12. The largest absolute Gasteiger partial charge is 0.486 e. The van der Waals surface area contributed by atoms with E-state index >= 15 is 0 Å². The fourth-order valence-corrected chi connectivity index (χ4v) is 3.77. The summed E-state index contributed by atoms with van der Waals surface area (Å²) in [6, 6.07) is 3.08. The van der Waals surface area contributed by atoms with Crippen LogP contribution in [-0.4, -0.2) is 38.4 Å². The maximum absolute atomic E-state index is 14.5. The lowest BCUT2D eigenvalue weighted by atomic mass is 10.1. The van der Waals surface area contributed by atoms with Crippen molar-refractivity contribution >= 4 is 34.0 Å². The van der Waals surface area contributed by atoms with E-state index in [4.69, 9.17) is 10.5 Å². The third-order valence-electron chi connectivity index (χ3n) is 5.25. The normalized spacial score (nSPS) is 14.0. The van der Waals surface area contributed by atoms with Gasteiger partial charge in [-0.2, -0.15) is 13.2 Å². The molecule has 1 aromatic carbocycles. The fourth-order valence-electron chi connectivity index (χ4n) is 3.77. The van der Waals surface area contributed by atoms with Gasteiger partial charge in [0.15, 0.2) is 17.4 Å². The third-order valence-corrected chi connectivity index (χ3v) is 5.25. The minimum atomic E-state index is -4.89. The number of hydrogen-bond donors (Lipinski definition) is 1. The summed E-state index contributed by atoms with van der Waals surface area (Å²) in [6.07, 6.45) is -1.99. The van der Waals surface area contributed by atoms with Gasteiger partial charge >= 0.3 is 6.18 Å². The molecule has 1 aliphatic heterocycles. The molecule has 8 nitrogen and oxygen atoms in total. The van der Waals surface area contributed by atoms with Gasteiger partial charge in [-0.05, 0) is 25.1 Å². The number of benzene rings is 1. The standard InChI is InChI=1S/C20H14F4N6O2/c1-9-16-18(25)28-12-7-26-11(6-14(12)30(16)8-27-9)19(31)29-4-5-32-17-13(29)3-2-10(15(17)21)20(22,23)24/h2-3,6-8H,4-5H2,1H3,(H2,25,28). The summed E-state index contributed by atoms with van der Waals surface area (Å²) in [6.45, 7) is 1.60. The number of amides is 1. The Balaban J connectivity index is 1.61. The van der Waals surface area contributed by atoms with Gasteiger partial charge in [0.1, 0.15) is 29.7 Å². The van der Waals surface area contributed by atoms with Crippen LogP contribution in [-0.2, 0) is 6.18 Å². The number of nitrogens with zero attached hydrogens (tertiary/aromatic N) is 5. The smallest absolute Gasteiger partial charge is 0.419 e. The monoisotopic (exact) mass is 446 g/mol. The molecule has 0 saturated carbocycles. The van der Waals surface area contributed by atoms with Crippen LogP contribution in [0.25, 0.3) is 16.6 Å². The number of fused-ring (bicyclic) bond motifs is 4. The number of ether oxygens (including phenoxy) is 1. The molecule has 5 rings (SSSR count). The Kier molecular flexibility index (Phi) is 4.23. The van der Waals surface area contributed by atoms with E-state index in [1.807, 2.05) is 0 Å². The van der Waals surface area contributed by atoms with Crippen LogP contribution >= 0.6 is 0 Å². The molecule has 1 amide bonds. The second kappa shape index (κ2) is 6.77. The first kappa shape index (κ1) is 20.0. The Morgan fingerprint density at radius 2 is 2.03 bits per heavy atom. The summed E-state index contributed by atoms with van der Waals surface area (Å²) in [5.41, 5.74) is 6.59. The van der Waals surface area contributed by atoms with Gasteiger partial charge in [0.05, 0.1) is 35.2 Å². The molecule has 0 fully saturated rings. The number of imidazole rings is 1. The summed E-state index contributed by atoms with van der Waals surface area (Å²) >= 11 is 0. The molecule has 1 aliphatic rings. The molecule has 12 heteroatoms. The zero-order valence-corrected chi connectivity index (χ0v) is 16.4. The highest BCUT2D eigenvalue weighted by Gasteiger charge is 2.38. The molecule has 164 valence electrons. The molecule has 0 aliphatic carbocycles. The van der Waals surface area contributed by atoms with Crippen LogP contribution in [0.1, 0.15) is 21.7 Å². The number of pyridine rings is 1. The second-order valence-electron chi connectivity index (χ2n) is 7.18. The van der Waals surface area contributed by atoms with Gasteiger partial charge in [-0.1, -0.05) is 0 Å². The van der Waals surface area contributed by atoms with Crippen LogP contribution in [0.5, 0.6) is 5.75 Å². The van der Waals surface area contributed by atoms with Crippen LogP contribution in [0.3, 0.4) is 0 Å². The molecule has 4 aromatic rings. The lowest BCUT2D eigenvalue weighted by Gasteiger charge is -2.30. The number of alkyl halides is 3. The highest BCUT2D eigenvalue weighted by atomic mass is 19.4. The van der Waals surface area contributed by atoms with Crippen LogP contribution < -0.4 is 15.4 Å². The van der Waals surface area contributed by atoms with Crippen molar-refractivity contribution in [3.8, 4) is 5.75 Å². The zero-order chi connectivity index (χ0) is 22.8. The van der Waals surface area contributed by atoms with E-state index in [-0.39, 0.29) is 30.4 Å². The van der Waals surface area contributed by atoms with E-state index in [0.29, 0.717) is 28.3 Å². The summed E-state index contributed by atoms with van der Waals surface area (Å²) in [5, 5.41) is 0. The molecule has 0 radical (unpaired) electrons. The van der Waals surface area contributed by atoms with Crippen LogP contribution in [0.4, 0.5) is 29.1 Å². The summed E-state index contributed by atoms with van der Waals surface area (Å²) in [5.74, 6) is -2.56. The molecule has 3 aromatic heterocycles. The lowest BCUT2D eigenvalue weighted by molar-refractivity contribution is -0.140. The van der Waals surface area contributed by atoms with Crippen molar-refractivity contribution in [2.75, 3.05) is 23.8 Å². The van der Waals surface area contributed by atoms with Crippen LogP contribution in [0.2, 0.25) is 0 Å². The average molecular weight is 446 g/mol. The molecule has 0 spiro atoms.